The molecule has 10 heterocycles. The van der Waals surface area contributed by atoms with Crippen molar-refractivity contribution in [2.75, 3.05) is 21.7 Å². The lowest BCUT2D eigenvalue weighted by Crippen LogP contribution is -2.29. The van der Waals surface area contributed by atoms with Crippen LogP contribution < -0.4 is 47.7 Å². The molecule has 28 nitrogen and oxygen atoms in total. The molecule has 2 aliphatic carbocycles. The van der Waals surface area contributed by atoms with E-state index in [9.17, 15) is 33.7 Å². The predicted octanol–water partition coefficient (Wildman–Crippen LogP) is 12.1. The second-order valence-electron chi connectivity index (χ2n) is 25.3. The van der Waals surface area contributed by atoms with Gasteiger partial charge in [0.15, 0.2) is 0 Å². The SMILES string of the molecule is Cc1cccc(-c2nc3n(c2-c2ccnc(Nc4ccc(S(N)(=O)=O)cc4)c2)C2CCC3C2)n1.Cc1cccc(-c2nc3n(c2Br)C2CCC3C2)n1.Clc1ccnc(Br)c1.NS(=O)(=O)c1ccc(Nc2cc(B(O)O)ccn2)cc1.NS(=O)(=O)c1ccc(Nc2cc(Cl)ccn2)cc1.Nc1ccc(S(N)(=O)=O)cc1. The highest BCUT2D eigenvalue weighted by Crippen LogP contribution is 2.53. The van der Waals surface area contributed by atoms with Crippen LogP contribution in [0.5, 0.6) is 0 Å². The molecule has 2 fully saturated rings. The van der Waals surface area contributed by atoms with Gasteiger partial charge in [0.25, 0.3) is 0 Å². The minimum atomic E-state index is -3.73. The minimum absolute atomic E-state index is 0.00976. The van der Waals surface area contributed by atoms with E-state index in [1.54, 1.807) is 67.1 Å². The zero-order chi connectivity index (χ0) is 78.1. The van der Waals surface area contributed by atoms with Crippen LogP contribution in [0.3, 0.4) is 0 Å². The van der Waals surface area contributed by atoms with E-state index in [-0.39, 0.29) is 19.6 Å². The molecule has 2 aliphatic heterocycles. The number of imidazole rings is 2. The first-order valence-electron chi connectivity index (χ1n) is 33.2. The summed E-state index contributed by atoms with van der Waals surface area (Å²) < 4.78 is 95.5. The van der Waals surface area contributed by atoms with Crippen molar-refractivity contribution in [2.24, 2.45) is 20.6 Å². The number of aromatic nitrogens is 10. The lowest BCUT2D eigenvalue weighted by Gasteiger charge is -2.18. The number of rotatable bonds is 14. The molecule has 0 amide bonds. The molecular weight excluding hydrogens is 1650 g/mol. The van der Waals surface area contributed by atoms with Crippen LogP contribution >= 0.6 is 55.1 Å². The Morgan fingerprint density at radius 3 is 1.28 bits per heavy atom. The maximum Gasteiger partial charge on any atom is 0.488 e. The van der Waals surface area contributed by atoms with E-state index in [1.165, 1.54) is 129 Å². The van der Waals surface area contributed by atoms with Crippen LogP contribution in [0, 0.1) is 13.8 Å². The summed E-state index contributed by atoms with van der Waals surface area (Å²) in [6, 6.07) is 50.8. The number of hydrogen-bond acceptors (Lipinski definition) is 22. The van der Waals surface area contributed by atoms with Crippen LogP contribution in [-0.4, -0.2) is 99.8 Å². The number of aryl methyl sites for hydroxylation is 2. The fourth-order valence-corrected chi connectivity index (χ4v) is 16.1. The van der Waals surface area contributed by atoms with Gasteiger partial charge >= 0.3 is 7.12 Å². The molecular formula is C72H71BBr2Cl2N18O10S4. The second kappa shape index (κ2) is 34.6. The Morgan fingerprint density at radius 1 is 0.459 bits per heavy atom. The van der Waals surface area contributed by atoms with Crippen LogP contribution in [0.4, 0.5) is 40.2 Å². The minimum Gasteiger partial charge on any atom is -0.423 e. The number of nitrogens with one attached hydrogen (secondary N) is 3. The van der Waals surface area contributed by atoms with Crippen LogP contribution in [-0.2, 0) is 40.1 Å². The van der Waals surface area contributed by atoms with Crippen molar-refractivity contribution in [1.29, 1.82) is 0 Å². The molecule has 37 heteroatoms. The highest BCUT2D eigenvalue weighted by atomic mass is 79.9. The summed E-state index contributed by atoms with van der Waals surface area (Å²) >= 11 is 18.3. The van der Waals surface area contributed by atoms with Gasteiger partial charge in [-0.25, -0.2) is 84.1 Å². The average Bonchev–Trinajstić information content (AvgIpc) is 1.61. The number of nitrogens with two attached hydrogens (primary N) is 5. The second-order valence-corrected chi connectivity index (χ2v) is 34.0. The molecule has 4 aliphatic rings. The fourth-order valence-electron chi connectivity index (χ4n) is 12.5. The molecule has 4 unspecified atom stereocenters. The molecule has 8 aromatic heterocycles. The fraction of sp³-hybridized carbons (Fsp3) is 0.167. The first-order valence-corrected chi connectivity index (χ1v) is 41.8. The smallest absolute Gasteiger partial charge is 0.423 e. The van der Waals surface area contributed by atoms with E-state index in [1.807, 2.05) is 62.4 Å². The van der Waals surface area contributed by atoms with Crippen molar-refractivity contribution in [3.8, 4) is 34.0 Å². The van der Waals surface area contributed by atoms with Gasteiger partial charge in [0, 0.05) is 98.5 Å². The normalized spacial score (nSPS) is 15.6. The van der Waals surface area contributed by atoms with Gasteiger partial charge in [-0.2, -0.15) is 0 Å². The Balaban J connectivity index is 0.000000138. The zero-order valence-corrected chi connectivity index (χ0v) is 65.9. The van der Waals surface area contributed by atoms with E-state index in [0.29, 0.717) is 73.9 Å². The molecule has 109 heavy (non-hydrogen) atoms. The topological polar surface area (TPSA) is 456 Å². The van der Waals surface area contributed by atoms with E-state index in [0.717, 1.165) is 72.6 Å². The van der Waals surface area contributed by atoms with E-state index < -0.39 is 47.2 Å². The standard InChI is InChI=1S/C25H24N6O2S.C14H14BrN3.C11H12BN3O4S.C11H10ClN3O2S.C6H8N2O2S.C5H3BrClN/c1-15-3-2-4-21(28-15)23-24(31-19-8-5-17(13-19)25(31)30-23)16-11-12-27-22(14-16)29-18-6-9-20(10-7-18)34(26,32)33;1-8-3-2-4-11(16-8)12-13(15)18-10-6-5-9(7-10)14(18)17-12;13-20(18,19)10-3-1-9(2-4-10)15-11-7-8(12(16)17)5-6-14-11;12-8-5-6-14-11(7-8)15-9-1-3-10(4-2-9)18(13,16)17;7-5-1-3-6(4-2-5)11(8,9)10;6-5-3-4(7)1-2-8-5/h2-4,6-7,9-12,14,17,19H,5,8,13H2,1H3,(H,27,29)(H2,26,32,33);2-4,9-10H,5-7H2,1H3;1-7,16-17H,(H,14,15)(H2,13,18,19);1-7H,(H,14,15)(H2,13,16,17);1-4H,7H2,(H2,8,9,10);1-3H. The van der Waals surface area contributed by atoms with Crippen molar-refractivity contribution in [3.63, 3.8) is 0 Å². The number of nitrogen functional groups attached to an aromatic ring is 1. The molecule has 564 valence electrons. The van der Waals surface area contributed by atoms with Crippen molar-refractivity contribution in [2.45, 2.75) is 95.9 Å². The van der Waals surface area contributed by atoms with Gasteiger partial charge in [0.05, 0.1) is 36.7 Å². The summed E-state index contributed by atoms with van der Waals surface area (Å²) in [6.45, 7) is 4.01. The van der Waals surface area contributed by atoms with Gasteiger partial charge in [0.2, 0.25) is 40.1 Å². The molecule has 2 saturated carbocycles. The molecule has 4 bridgehead atoms. The molecule has 0 radical (unpaired) electrons. The third-order valence-corrected chi connectivity index (χ3v) is 22.8. The number of benzene rings is 4. The van der Waals surface area contributed by atoms with Crippen molar-refractivity contribution in [3.05, 3.63) is 249 Å². The summed E-state index contributed by atoms with van der Waals surface area (Å²) in [4.78, 5) is 35.9. The first-order chi connectivity index (χ1) is 51.7. The predicted molar refractivity (Wildman–Crippen MR) is 428 cm³/mol. The third kappa shape index (κ3) is 21.1. The van der Waals surface area contributed by atoms with E-state index >= 15 is 0 Å². The lowest BCUT2D eigenvalue weighted by molar-refractivity contribution is 0.425. The molecule has 12 aromatic rings. The number of hydrogen-bond donors (Lipinski definition) is 10. The first kappa shape index (κ1) is 80.6. The Kier molecular flexibility index (Phi) is 25.6. The molecule has 4 aromatic carbocycles. The third-order valence-electron chi connectivity index (χ3n) is 17.5. The maximum absolute atomic E-state index is 11.5. The Labute approximate surface area is 656 Å². The van der Waals surface area contributed by atoms with Crippen LogP contribution in [0.15, 0.2) is 236 Å². The summed E-state index contributed by atoms with van der Waals surface area (Å²) in [7, 11) is -16.3. The summed E-state index contributed by atoms with van der Waals surface area (Å²) in [5, 5.41) is 48.6. The van der Waals surface area contributed by atoms with Gasteiger partial charge in [-0.05, 0) is 260 Å². The number of fused-ring (bicyclic) bond motifs is 10. The summed E-state index contributed by atoms with van der Waals surface area (Å²) in [6.07, 6.45) is 13.8. The van der Waals surface area contributed by atoms with Gasteiger partial charge in [0.1, 0.15) is 49.7 Å². The van der Waals surface area contributed by atoms with Gasteiger partial charge < -0.3 is 40.9 Å². The van der Waals surface area contributed by atoms with Gasteiger partial charge in [-0.3, -0.25) is 9.97 Å². The van der Waals surface area contributed by atoms with Crippen molar-refractivity contribution < 1.29 is 43.7 Å². The summed E-state index contributed by atoms with van der Waals surface area (Å²) in [5.74, 6) is 5.24. The number of anilines is 7. The van der Waals surface area contributed by atoms with Gasteiger partial charge in [-0.1, -0.05) is 35.3 Å². The number of pyridine rings is 6. The number of nitrogens with zero attached hydrogens (tertiary/aromatic N) is 10. The highest BCUT2D eigenvalue weighted by molar-refractivity contribution is 9.10. The Morgan fingerprint density at radius 2 is 0.853 bits per heavy atom. The molecule has 0 spiro atoms. The maximum atomic E-state index is 11.5. The van der Waals surface area contributed by atoms with Crippen molar-refractivity contribution >= 4 is 148 Å². The molecule has 16 rings (SSSR count). The molecule has 4 atom stereocenters. The molecule has 0 saturated heterocycles. The van der Waals surface area contributed by atoms with Crippen LogP contribution in [0.25, 0.3) is 34.0 Å². The Hall–Kier alpha value is -9.44. The van der Waals surface area contributed by atoms with E-state index in [2.05, 4.69) is 81.9 Å². The van der Waals surface area contributed by atoms with Gasteiger partial charge in [-0.15, -0.1) is 0 Å². The lowest BCUT2D eigenvalue weighted by atomic mass is 9.81. The Bertz CT molecular complexity index is 5740. The highest BCUT2D eigenvalue weighted by Gasteiger charge is 2.42. The number of primary sulfonamides is 4. The van der Waals surface area contributed by atoms with Crippen LogP contribution in [0.1, 0.15) is 85.5 Å². The molecule has 15 N–H and O–H groups in total. The average molecular weight is 1720 g/mol. The van der Waals surface area contributed by atoms with Crippen molar-refractivity contribution in [1.82, 2.24) is 49.0 Å². The quantitative estimate of drug-likeness (QED) is 0.0275. The van der Waals surface area contributed by atoms with E-state index in [4.69, 9.17) is 74.5 Å². The monoisotopic (exact) mass is 1710 g/mol. The van der Waals surface area contributed by atoms with Crippen LogP contribution in [0.2, 0.25) is 10.0 Å². The largest absolute Gasteiger partial charge is 0.488 e. The zero-order valence-electron chi connectivity index (χ0n) is 57.9. The number of sulfonamides is 4. The number of halogens is 4. The summed E-state index contributed by atoms with van der Waals surface area (Å²) in [5.41, 5.74) is 16.0.